The Bertz CT molecular complexity index is 958. The lowest BCUT2D eigenvalue weighted by molar-refractivity contribution is 0.0609. The van der Waals surface area contributed by atoms with Crippen molar-refractivity contribution in [3.63, 3.8) is 0 Å². The first-order valence-corrected chi connectivity index (χ1v) is 8.38. The summed E-state index contributed by atoms with van der Waals surface area (Å²) >= 11 is 0. The van der Waals surface area contributed by atoms with Crippen molar-refractivity contribution in [3.8, 4) is 0 Å². The minimum atomic E-state index is -0.234. The molecule has 3 aromatic carbocycles. The SMILES string of the molecule is Nc1ccc2c3c(cccc13)C(=O)N(CCCc1ccccc1)C2=O. The molecular weight excluding hydrogens is 312 g/mol. The Morgan fingerprint density at radius 2 is 1.52 bits per heavy atom. The van der Waals surface area contributed by atoms with E-state index < -0.39 is 0 Å². The van der Waals surface area contributed by atoms with Crippen molar-refractivity contribution in [1.82, 2.24) is 4.90 Å². The number of carbonyl (C=O) groups is 2. The minimum absolute atomic E-state index is 0.234. The van der Waals surface area contributed by atoms with Gasteiger partial charge in [-0.3, -0.25) is 14.5 Å². The Balaban J connectivity index is 1.63. The highest BCUT2D eigenvalue weighted by molar-refractivity contribution is 6.26. The van der Waals surface area contributed by atoms with Gasteiger partial charge in [-0.1, -0.05) is 42.5 Å². The molecule has 25 heavy (non-hydrogen) atoms. The lowest BCUT2D eigenvalue weighted by Crippen LogP contribution is -2.41. The number of amides is 2. The maximum Gasteiger partial charge on any atom is 0.261 e. The van der Waals surface area contributed by atoms with Crippen molar-refractivity contribution in [1.29, 1.82) is 0 Å². The Morgan fingerprint density at radius 3 is 2.28 bits per heavy atom. The van der Waals surface area contributed by atoms with Gasteiger partial charge in [0, 0.05) is 34.1 Å². The number of carbonyl (C=O) groups excluding carboxylic acids is 2. The van der Waals surface area contributed by atoms with Gasteiger partial charge in [-0.2, -0.15) is 0 Å². The van der Waals surface area contributed by atoms with Gasteiger partial charge in [0.25, 0.3) is 11.8 Å². The molecule has 1 aliphatic rings. The third-order valence-corrected chi connectivity index (χ3v) is 4.72. The number of nitrogens with two attached hydrogens (primary N) is 1. The fourth-order valence-electron chi connectivity index (χ4n) is 3.46. The lowest BCUT2D eigenvalue weighted by Gasteiger charge is -2.27. The van der Waals surface area contributed by atoms with E-state index in [1.165, 1.54) is 10.5 Å². The number of rotatable bonds is 4. The normalized spacial score (nSPS) is 13.5. The van der Waals surface area contributed by atoms with Crippen LogP contribution < -0.4 is 5.73 Å². The number of benzene rings is 3. The van der Waals surface area contributed by atoms with E-state index in [0.717, 1.165) is 18.2 Å². The molecule has 4 rings (SSSR count). The average Bonchev–Trinajstić information content (AvgIpc) is 2.64. The summed E-state index contributed by atoms with van der Waals surface area (Å²) in [6.45, 7) is 0.409. The molecule has 124 valence electrons. The van der Waals surface area contributed by atoms with Gasteiger partial charge in [-0.25, -0.2) is 0 Å². The van der Waals surface area contributed by atoms with Crippen molar-refractivity contribution in [2.45, 2.75) is 12.8 Å². The maximum absolute atomic E-state index is 12.8. The Morgan fingerprint density at radius 1 is 0.800 bits per heavy atom. The van der Waals surface area contributed by atoms with E-state index in [1.807, 2.05) is 30.3 Å². The number of nitrogens with zero attached hydrogens (tertiary/aromatic N) is 1. The van der Waals surface area contributed by atoms with Gasteiger partial charge in [0.05, 0.1) is 0 Å². The molecule has 0 radical (unpaired) electrons. The van der Waals surface area contributed by atoms with Crippen molar-refractivity contribution in [2.24, 2.45) is 0 Å². The monoisotopic (exact) mass is 330 g/mol. The highest BCUT2D eigenvalue weighted by Gasteiger charge is 2.32. The Kier molecular flexibility index (Phi) is 3.73. The Labute approximate surface area is 145 Å². The zero-order chi connectivity index (χ0) is 17.4. The maximum atomic E-state index is 12.8. The molecule has 0 unspecified atom stereocenters. The first-order valence-electron chi connectivity index (χ1n) is 8.38. The largest absolute Gasteiger partial charge is 0.398 e. The summed E-state index contributed by atoms with van der Waals surface area (Å²) in [5.41, 5.74) is 8.90. The topological polar surface area (TPSA) is 63.4 Å². The fraction of sp³-hybridized carbons (Fsp3) is 0.143. The van der Waals surface area contributed by atoms with Crippen LogP contribution in [0.3, 0.4) is 0 Å². The highest BCUT2D eigenvalue weighted by atomic mass is 16.2. The fourth-order valence-corrected chi connectivity index (χ4v) is 3.46. The molecule has 2 amide bonds. The average molecular weight is 330 g/mol. The predicted molar refractivity (Wildman–Crippen MR) is 98.5 cm³/mol. The second-order valence-electron chi connectivity index (χ2n) is 6.28. The molecule has 4 heteroatoms. The zero-order valence-corrected chi connectivity index (χ0v) is 13.7. The zero-order valence-electron chi connectivity index (χ0n) is 13.7. The smallest absolute Gasteiger partial charge is 0.261 e. The van der Waals surface area contributed by atoms with Gasteiger partial charge in [-0.15, -0.1) is 0 Å². The van der Waals surface area contributed by atoms with Crippen LogP contribution in [-0.2, 0) is 6.42 Å². The second kappa shape index (κ2) is 6.06. The summed E-state index contributed by atoms with van der Waals surface area (Å²) in [6, 6.07) is 19.0. The number of hydrogen-bond donors (Lipinski definition) is 1. The number of aryl methyl sites for hydroxylation is 1. The van der Waals surface area contributed by atoms with E-state index in [-0.39, 0.29) is 11.8 Å². The standard InChI is InChI=1S/C21H18N2O2/c22-18-12-11-17-19-15(18)9-4-10-16(19)20(24)23(21(17)25)13-5-8-14-6-2-1-3-7-14/h1-4,6-7,9-12H,5,8,13,22H2. The summed E-state index contributed by atoms with van der Waals surface area (Å²) in [5, 5.41) is 1.44. The minimum Gasteiger partial charge on any atom is -0.398 e. The first-order chi connectivity index (χ1) is 12.2. The van der Waals surface area contributed by atoms with Gasteiger partial charge < -0.3 is 5.73 Å². The van der Waals surface area contributed by atoms with Crippen LogP contribution in [0.25, 0.3) is 10.8 Å². The lowest BCUT2D eigenvalue weighted by atomic mass is 9.93. The molecule has 3 aromatic rings. The van der Waals surface area contributed by atoms with E-state index in [4.69, 9.17) is 5.73 Å². The number of hydrogen-bond acceptors (Lipinski definition) is 3. The molecule has 0 saturated heterocycles. The molecule has 4 nitrogen and oxygen atoms in total. The van der Waals surface area contributed by atoms with E-state index >= 15 is 0 Å². The molecule has 1 aliphatic heterocycles. The van der Waals surface area contributed by atoms with Gasteiger partial charge in [0.1, 0.15) is 0 Å². The summed E-state index contributed by atoms with van der Waals surface area (Å²) in [7, 11) is 0. The first kappa shape index (κ1) is 15.4. The molecule has 0 saturated carbocycles. The molecule has 0 fully saturated rings. The van der Waals surface area contributed by atoms with Gasteiger partial charge in [-0.05, 0) is 36.6 Å². The number of imide groups is 1. The molecule has 2 N–H and O–H groups in total. The van der Waals surface area contributed by atoms with Gasteiger partial charge in [0.2, 0.25) is 0 Å². The summed E-state index contributed by atoms with van der Waals surface area (Å²) in [5.74, 6) is -0.469. The molecular formula is C21H18N2O2. The summed E-state index contributed by atoms with van der Waals surface area (Å²) in [4.78, 5) is 27.0. The molecule has 0 bridgehead atoms. The van der Waals surface area contributed by atoms with Crippen LogP contribution in [0.2, 0.25) is 0 Å². The van der Waals surface area contributed by atoms with Crippen molar-refractivity contribution >= 4 is 28.3 Å². The van der Waals surface area contributed by atoms with Crippen LogP contribution in [0.15, 0.2) is 60.7 Å². The van der Waals surface area contributed by atoms with Crippen LogP contribution in [0.5, 0.6) is 0 Å². The predicted octanol–water partition coefficient (Wildman–Crippen LogP) is 3.65. The van der Waals surface area contributed by atoms with Crippen LogP contribution in [-0.4, -0.2) is 23.3 Å². The summed E-state index contributed by atoms with van der Waals surface area (Å²) < 4.78 is 0. The van der Waals surface area contributed by atoms with Crippen molar-refractivity contribution in [2.75, 3.05) is 12.3 Å². The van der Waals surface area contributed by atoms with Crippen molar-refractivity contribution in [3.05, 3.63) is 77.4 Å². The summed E-state index contributed by atoms with van der Waals surface area (Å²) in [6.07, 6.45) is 1.57. The third kappa shape index (κ3) is 2.56. The van der Waals surface area contributed by atoms with Crippen LogP contribution >= 0.6 is 0 Å². The van der Waals surface area contributed by atoms with Crippen LogP contribution in [0.4, 0.5) is 5.69 Å². The van der Waals surface area contributed by atoms with E-state index in [2.05, 4.69) is 12.1 Å². The van der Waals surface area contributed by atoms with Gasteiger partial charge >= 0.3 is 0 Å². The van der Waals surface area contributed by atoms with Crippen LogP contribution in [0, 0.1) is 0 Å². The third-order valence-electron chi connectivity index (χ3n) is 4.72. The van der Waals surface area contributed by atoms with Crippen LogP contribution in [0.1, 0.15) is 32.7 Å². The number of nitrogen functional groups attached to an aromatic ring is 1. The molecule has 0 aliphatic carbocycles. The van der Waals surface area contributed by atoms with E-state index in [1.54, 1.807) is 18.2 Å². The van der Waals surface area contributed by atoms with E-state index in [0.29, 0.717) is 28.7 Å². The Hall–Kier alpha value is -3.14. The molecule has 0 atom stereocenters. The quantitative estimate of drug-likeness (QED) is 0.586. The molecule has 0 spiro atoms. The second-order valence-corrected chi connectivity index (χ2v) is 6.28. The number of anilines is 1. The van der Waals surface area contributed by atoms with Crippen molar-refractivity contribution < 1.29 is 9.59 Å². The highest BCUT2D eigenvalue weighted by Crippen LogP contribution is 2.33. The molecule has 0 aromatic heterocycles. The molecule has 1 heterocycles. The van der Waals surface area contributed by atoms with Gasteiger partial charge in [0.15, 0.2) is 0 Å². The van der Waals surface area contributed by atoms with E-state index in [9.17, 15) is 9.59 Å².